The molecule has 0 bridgehead atoms. The zero-order valence-electron chi connectivity index (χ0n) is 27.3. The highest BCUT2D eigenvalue weighted by Crippen LogP contribution is 2.65. The van der Waals surface area contributed by atoms with Crippen LogP contribution in [0.4, 0.5) is 5.82 Å². The van der Waals surface area contributed by atoms with E-state index < -0.39 is 57.7 Å². The average Bonchev–Trinajstić information content (AvgIpc) is 3.63. The second kappa shape index (κ2) is 13.4. The lowest BCUT2D eigenvalue weighted by atomic mass is 9.91. The lowest BCUT2D eigenvalue weighted by Gasteiger charge is -2.50. The fourth-order valence-electron chi connectivity index (χ4n) is 7.06. The van der Waals surface area contributed by atoms with Crippen LogP contribution in [0.15, 0.2) is 102 Å². The number of aromatic nitrogens is 4. The molecule has 3 heterocycles. The van der Waals surface area contributed by atoms with Gasteiger partial charge in [-0.1, -0.05) is 108 Å². The van der Waals surface area contributed by atoms with Gasteiger partial charge in [0, 0.05) is 0 Å². The van der Waals surface area contributed by atoms with Gasteiger partial charge in [-0.2, -0.15) is 8.42 Å². The summed E-state index contributed by atoms with van der Waals surface area (Å²) in [5.41, 5.74) is 7.27. The molecule has 5 aromatic rings. The molecule has 1 fully saturated rings. The van der Waals surface area contributed by atoms with Gasteiger partial charge in [0.15, 0.2) is 11.5 Å². The van der Waals surface area contributed by atoms with Gasteiger partial charge in [-0.25, -0.2) is 23.4 Å². The zero-order chi connectivity index (χ0) is 35.0. The van der Waals surface area contributed by atoms with E-state index in [0.717, 1.165) is 22.2 Å². The van der Waals surface area contributed by atoms with Crippen LogP contribution in [0, 0.1) is 6.92 Å². The second-order valence-electron chi connectivity index (χ2n) is 12.2. The monoisotopic (exact) mass is 720 g/mol. The number of benzene rings is 3. The second-order valence-corrected chi connectivity index (χ2v) is 18.6. The summed E-state index contributed by atoms with van der Waals surface area (Å²) < 4.78 is 72.6. The Hall–Kier alpha value is -3.99. The van der Waals surface area contributed by atoms with Gasteiger partial charge in [0.05, 0.1) is 22.8 Å². The Kier molecular flexibility index (Phi) is 9.51. The van der Waals surface area contributed by atoms with Gasteiger partial charge in [0.1, 0.15) is 39.2 Å². The van der Waals surface area contributed by atoms with Crippen LogP contribution in [0.1, 0.15) is 31.7 Å². The quantitative estimate of drug-likeness (QED) is 0.143. The molecule has 1 saturated heterocycles. The Morgan fingerprint density at radius 2 is 1.55 bits per heavy atom. The number of fused-ring (bicyclic) bond motifs is 1. The molecular formula is C34H38N5O7S2Si. The van der Waals surface area contributed by atoms with E-state index in [0.29, 0.717) is 12.8 Å². The number of sulfone groups is 1. The number of unbranched alkanes of at least 4 members (excludes halogenated alkanes) is 1. The van der Waals surface area contributed by atoms with Crippen molar-refractivity contribution in [3.8, 4) is 0 Å². The number of nitrogen functional groups attached to an aromatic ring is 1. The molecule has 0 amide bonds. The molecule has 2 aromatic heterocycles. The summed E-state index contributed by atoms with van der Waals surface area (Å²) in [4.78, 5) is 12.9. The van der Waals surface area contributed by atoms with Gasteiger partial charge in [-0.15, -0.1) is 0 Å². The Labute approximate surface area is 287 Å². The van der Waals surface area contributed by atoms with Crippen LogP contribution in [-0.4, -0.2) is 75.3 Å². The molecule has 257 valence electrons. The summed E-state index contributed by atoms with van der Waals surface area (Å²) >= 11 is 0. The summed E-state index contributed by atoms with van der Waals surface area (Å²) in [6, 6.07) is 25.2. The molecule has 0 saturated carbocycles. The number of anilines is 1. The van der Waals surface area contributed by atoms with E-state index in [9.17, 15) is 13.5 Å². The minimum Gasteiger partial charge on any atom is -0.394 e. The van der Waals surface area contributed by atoms with Crippen molar-refractivity contribution in [2.75, 3.05) is 18.6 Å². The number of imidazole rings is 1. The van der Waals surface area contributed by atoms with Crippen LogP contribution in [0.5, 0.6) is 0 Å². The van der Waals surface area contributed by atoms with Crippen LogP contribution in [0.25, 0.3) is 11.2 Å². The van der Waals surface area contributed by atoms with E-state index in [4.69, 9.17) is 14.7 Å². The molecule has 4 atom stereocenters. The van der Waals surface area contributed by atoms with Crippen molar-refractivity contribution in [1.29, 1.82) is 0 Å². The minimum atomic E-state index is -4.74. The predicted molar refractivity (Wildman–Crippen MR) is 188 cm³/mol. The number of rotatable bonds is 12. The summed E-state index contributed by atoms with van der Waals surface area (Å²) in [5, 5.41) is 8.38. The van der Waals surface area contributed by atoms with Gasteiger partial charge in [-0.05, 0) is 25.5 Å². The SMILES string of the molecule is CCCC[C@@]1([Si](c2ccccc2)c2ccccc2)[C@H](OS(C)(=O)=O)[C@@H](CO)O[C@]1(n1cnc2c(N)ncnc21)S(=O)(=O)c1ccc(C)cc1. The lowest BCUT2D eigenvalue weighted by molar-refractivity contribution is -0.0692. The molecule has 49 heavy (non-hydrogen) atoms. The van der Waals surface area contributed by atoms with E-state index in [2.05, 4.69) is 15.0 Å². The minimum absolute atomic E-state index is 0.0167. The molecule has 3 aromatic carbocycles. The first-order valence-electron chi connectivity index (χ1n) is 15.8. The number of aliphatic hydroxyl groups is 1. The van der Waals surface area contributed by atoms with Crippen molar-refractivity contribution >= 4 is 56.1 Å². The molecule has 0 spiro atoms. The summed E-state index contributed by atoms with van der Waals surface area (Å²) in [6.07, 6.45) is 1.71. The first kappa shape index (κ1) is 34.9. The number of hydrogen-bond acceptors (Lipinski definition) is 11. The largest absolute Gasteiger partial charge is 0.394 e. The first-order valence-corrected chi connectivity index (χ1v) is 20.6. The maximum atomic E-state index is 15.9. The highest BCUT2D eigenvalue weighted by Gasteiger charge is 2.77. The highest BCUT2D eigenvalue weighted by molar-refractivity contribution is 7.92. The van der Waals surface area contributed by atoms with E-state index in [1.807, 2.05) is 74.5 Å². The summed E-state index contributed by atoms with van der Waals surface area (Å²) in [6.45, 7) is 3.06. The third-order valence-corrected chi connectivity index (χ3v) is 15.6. The molecule has 12 nitrogen and oxygen atoms in total. The standard InChI is InChI=1S/C34H38N5O7S2Si/c1-4-5-20-33(49(26-12-8-6-9-13-26)27-14-10-7-11-15-27)30(46-47(3,41)42)28(21-40)45-34(33,48(43,44)25-18-16-24(2)17-19-25)39-23-38-29-31(35)36-22-37-32(29)39/h6-19,22-23,28,30,40H,4-5,20-21H2,1-3H3,(H2,35,36,37)/t28-,30-,33-,34+/m1/s1. The zero-order valence-corrected chi connectivity index (χ0v) is 29.9. The van der Waals surface area contributed by atoms with Crippen LogP contribution >= 0.6 is 0 Å². The molecule has 0 unspecified atom stereocenters. The summed E-state index contributed by atoms with van der Waals surface area (Å²) in [7, 11) is -11.5. The van der Waals surface area contributed by atoms with Gasteiger partial charge in [0.25, 0.3) is 15.2 Å². The molecular weight excluding hydrogens is 683 g/mol. The van der Waals surface area contributed by atoms with Crippen LogP contribution in [0.2, 0.25) is 5.04 Å². The Bertz CT molecular complexity index is 2110. The number of hydrogen-bond donors (Lipinski definition) is 2. The molecule has 0 aliphatic carbocycles. The number of nitrogens with two attached hydrogens (primary N) is 1. The first-order chi connectivity index (χ1) is 23.4. The Balaban J connectivity index is 1.88. The van der Waals surface area contributed by atoms with Gasteiger partial charge in [0.2, 0.25) is 9.84 Å². The van der Waals surface area contributed by atoms with Crippen molar-refractivity contribution < 1.29 is 30.9 Å². The number of nitrogens with zero attached hydrogens (tertiary/aromatic N) is 4. The fourth-order valence-corrected chi connectivity index (χ4v) is 14.5. The van der Waals surface area contributed by atoms with Crippen LogP contribution < -0.4 is 16.1 Å². The van der Waals surface area contributed by atoms with E-state index in [1.54, 1.807) is 12.1 Å². The molecule has 3 N–H and O–H groups in total. The van der Waals surface area contributed by atoms with Crippen molar-refractivity contribution in [3.05, 3.63) is 103 Å². The van der Waals surface area contributed by atoms with Crippen molar-refractivity contribution in [2.45, 2.75) is 60.3 Å². The van der Waals surface area contributed by atoms with Gasteiger partial charge in [-0.3, -0.25) is 8.75 Å². The predicted octanol–water partition coefficient (Wildman–Crippen LogP) is 2.78. The van der Waals surface area contributed by atoms with Crippen molar-refractivity contribution in [3.63, 3.8) is 0 Å². The maximum absolute atomic E-state index is 15.9. The topological polar surface area (TPSA) is 177 Å². The molecule has 15 heteroatoms. The Morgan fingerprint density at radius 3 is 2.10 bits per heavy atom. The Morgan fingerprint density at radius 1 is 0.939 bits per heavy atom. The fraction of sp³-hybridized carbons (Fsp3) is 0.324. The maximum Gasteiger partial charge on any atom is 0.264 e. The van der Waals surface area contributed by atoms with E-state index >= 15 is 8.42 Å². The molecule has 1 aliphatic rings. The smallest absolute Gasteiger partial charge is 0.264 e. The van der Waals surface area contributed by atoms with Crippen LogP contribution in [-0.2, 0) is 33.9 Å². The summed E-state index contributed by atoms with van der Waals surface area (Å²) in [5.74, 6) is 0.0167. The van der Waals surface area contributed by atoms with Gasteiger partial charge < -0.3 is 15.6 Å². The number of aryl methyl sites for hydroxylation is 1. The average molecular weight is 721 g/mol. The molecule has 1 aliphatic heterocycles. The third kappa shape index (κ3) is 5.77. The number of aliphatic hydroxyl groups excluding tert-OH is 1. The van der Waals surface area contributed by atoms with E-state index in [1.165, 1.54) is 29.4 Å². The van der Waals surface area contributed by atoms with Crippen LogP contribution in [0.3, 0.4) is 0 Å². The lowest BCUT2D eigenvalue weighted by Crippen LogP contribution is -2.66. The normalized spacial score (nSPS) is 23.0. The van der Waals surface area contributed by atoms with Gasteiger partial charge >= 0.3 is 0 Å². The highest BCUT2D eigenvalue weighted by atomic mass is 32.2. The third-order valence-electron chi connectivity index (χ3n) is 9.03. The molecule has 1 radical (unpaired) electrons. The number of ether oxygens (including phenoxy) is 1. The van der Waals surface area contributed by atoms with Crippen molar-refractivity contribution in [1.82, 2.24) is 19.5 Å². The van der Waals surface area contributed by atoms with Crippen molar-refractivity contribution in [2.24, 2.45) is 0 Å². The molecule has 6 rings (SSSR count). The van der Waals surface area contributed by atoms with E-state index in [-0.39, 0.29) is 28.3 Å².